The quantitative estimate of drug-likeness (QED) is 0.128. The van der Waals surface area contributed by atoms with Crippen LogP contribution in [0.2, 0.25) is 5.02 Å². The molecule has 0 unspecified atom stereocenters. The molecule has 2 saturated carbocycles. The molecular formula is C37H40ClN5O5. The number of ether oxygens (including phenoxy) is 2. The molecule has 0 bridgehead atoms. The number of aryl methyl sites for hydroxylation is 1. The number of nitrogens with zero attached hydrogens (tertiary/aromatic N) is 3. The fourth-order valence-electron chi connectivity index (χ4n) is 6.80. The number of aromatic nitrogens is 3. The second kappa shape index (κ2) is 14.2. The van der Waals surface area contributed by atoms with Gasteiger partial charge in [0.2, 0.25) is 5.91 Å². The van der Waals surface area contributed by atoms with Gasteiger partial charge in [-0.1, -0.05) is 30.5 Å². The predicted octanol–water partition coefficient (Wildman–Crippen LogP) is 7.21. The van der Waals surface area contributed by atoms with Crippen molar-refractivity contribution in [1.29, 1.82) is 0 Å². The summed E-state index contributed by atoms with van der Waals surface area (Å²) in [5, 5.41) is 7.60. The van der Waals surface area contributed by atoms with Gasteiger partial charge in [-0.15, -0.1) is 0 Å². The molecule has 2 aromatic carbocycles. The van der Waals surface area contributed by atoms with E-state index in [2.05, 4.69) is 25.2 Å². The Balaban J connectivity index is 1.24. The summed E-state index contributed by atoms with van der Waals surface area (Å²) in [7, 11) is 1.98. The van der Waals surface area contributed by atoms with Crippen LogP contribution in [0.1, 0.15) is 86.2 Å². The lowest BCUT2D eigenvalue weighted by molar-refractivity contribution is -0.137. The first-order chi connectivity index (χ1) is 23.2. The molecule has 2 aliphatic carbocycles. The van der Waals surface area contributed by atoms with E-state index in [0.717, 1.165) is 35.9 Å². The Morgan fingerprint density at radius 1 is 1.02 bits per heavy atom. The molecule has 0 radical (unpaired) electrons. The molecule has 2 N–H and O–H groups in total. The van der Waals surface area contributed by atoms with E-state index in [0.29, 0.717) is 58.8 Å². The van der Waals surface area contributed by atoms with Crippen molar-refractivity contribution in [2.45, 2.75) is 70.3 Å². The number of rotatable bonds is 11. The van der Waals surface area contributed by atoms with Crippen LogP contribution < -0.4 is 15.4 Å². The molecule has 4 aromatic rings. The highest BCUT2D eigenvalue weighted by atomic mass is 35.5. The molecule has 2 aromatic heterocycles. The topological polar surface area (TPSA) is 124 Å². The van der Waals surface area contributed by atoms with E-state index in [4.69, 9.17) is 21.1 Å². The Kier molecular flexibility index (Phi) is 9.82. The Hall–Kier alpha value is -4.70. The van der Waals surface area contributed by atoms with Gasteiger partial charge in [0.1, 0.15) is 11.3 Å². The Labute approximate surface area is 284 Å². The van der Waals surface area contributed by atoms with Gasteiger partial charge in [0.05, 0.1) is 23.9 Å². The smallest absolute Gasteiger partial charge is 0.330 e. The lowest BCUT2D eigenvalue weighted by atomic mass is 9.75. The molecule has 2 heterocycles. The zero-order valence-electron chi connectivity index (χ0n) is 27.5. The fourth-order valence-corrected chi connectivity index (χ4v) is 6.90. The predicted molar refractivity (Wildman–Crippen MR) is 186 cm³/mol. The Bertz CT molecular complexity index is 1870. The number of benzene rings is 2. The van der Waals surface area contributed by atoms with Crippen LogP contribution in [0, 0.1) is 0 Å². The molecule has 0 aliphatic heterocycles. The molecule has 0 spiro atoms. The number of fused-ring (bicyclic) bond motifs is 1. The van der Waals surface area contributed by atoms with E-state index >= 15 is 0 Å². The monoisotopic (exact) mass is 669 g/mol. The fraction of sp³-hybridized carbons (Fsp3) is 0.378. The summed E-state index contributed by atoms with van der Waals surface area (Å²) < 4.78 is 12.8. The van der Waals surface area contributed by atoms with E-state index in [1.807, 2.05) is 32.2 Å². The molecule has 2 aliphatic rings. The van der Waals surface area contributed by atoms with Gasteiger partial charge in [0.25, 0.3) is 5.91 Å². The standard InChI is InChI=1S/C37H40ClN5O5/c1-4-47-30-20-27(14-11-23(30)13-16-31(44)48-5-2)41-36(46)37(17-8-18-37)42-35(45)25-12-15-28-29(19-25)43(3)33(32(28)24-9-6-7-10-24)34-39-21-26(38)22-40-34/h11-16,19-22,24H,4-10,17-18H2,1-3H3,(H,41,46)(H,42,45)/b16-13+. The molecule has 6 rings (SSSR count). The maximum absolute atomic E-state index is 13.8. The zero-order valence-corrected chi connectivity index (χ0v) is 28.2. The van der Waals surface area contributed by atoms with Crippen LogP contribution in [-0.2, 0) is 21.4 Å². The van der Waals surface area contributed by atoms with Crippen LogP contribution in [-0.4, -0.2) is 51.1 Å². The highest BCUT2D eigenvalue weighted by Crippen LogP contribution is 2.44. The molecule has 11 heteroatoms. The Morgan fingerprint density at radius 2 is 1.77 bits per heavy atom. The number of anilines is 1. The minimum absolute atomic E-state index is 0.285. The summed E-state index contributed by atoms with van der Waals surface area (Å²) >= 11 is 6.11. The van der Waals surface area contributed by atoms with E-state index in [1.54, 1.807) is 43.6 Å². The van der Waals surface area contributed by atoms with Gasteiger partial charge in [-0.25, -0.2) is 14.8 Å². The van der Waals surface area contributed by atoms with Gasteiger partial charge < -0.3 is 24.7 Å². The molecule has 0 saturated heterocycles. The van der Waals surface area contributed by atoms with Gasteiger partial charge in [0.15, 0.2) is 5.82 Å². The maximum Gasteiger partial charge on any atom is 0.330 e. The molecule has 10 nitrogen and oxygen atoms in total. The van der Waals surface area contributed by atoms with Crippen molar-refractivity contribution >= 4 is 52.1 Å². The van der Waals surface area contributed by atoms with Crippen LogP contribution in [0.3, 0.4) is 0 Å². The second-order valence-electron chi connectivity index (χ2n) is 12.4. The van der Waals surface area contributed by atoms with Crippen LogP contribution in [0.5, 0.6) is 5.75 Å². The average Bonchev–Trinajstić information content (AvgIpc) is 3.69. The first-order valence-corrected chi connectivity index (χ1v) is 17.0. The zero-order chi connectivity index (χ0) is 33.8. The summed E-state index contributed by atoms with van der Waals surface area (Å²) in [6, 6.07) is 11.0. The number of halogens is 1. The van der Waals surface area contributed by atoms with Crippen LogP contribution >= 0.6 is 11.6 Å². The summed E-state index contributed by atoms with van der Waals surface area (Å²) in [5.41, 5.74) is 3.70. The normalized spacial score (nSPS) is 15.8. The van der Waals surface area contributed by atoms with Crippen molar-refractivity contribution in [3.05, 3.63) is 76.6 Å². The van der Waals surface area contributed by atoms with Crippen LogP contribution in [0.15, 0.2) is 54.9 Å². The number of carbonyl (C=O) groups is 3. The van der Waals surface area contributed by atoms with E-state index in [-0.39, 0.29) is 18.4 Å². The largest absolute Gasteiger partial charge is 0.493 e. The number of hydrogen-bond donors (Lipinski definition) is 2. The molecule has 2 amide bonds. The number of hydrogen-bond acceptors (Lipinski definition) is 7. The molecular weight excluding hydrogens is 630 g/mol. The third-order valence-electron chi connectivity index (χ3n) is 9.35. The SMILES string of the molecule is CCOC(=O)/C=C/c1ccc(NC(=O)C2(NC(=O)c3ccc4c(C5CCCC5)c(-c5ncc(Cl)cn5)n(C)c4c3)CCC2)cc1OCC. The highest BCUT2D eigenvalue weighted by molar-refractivity contribution is 6.30. The summed E-state index contributed by atoms with van der Waals surface area (Å²) in [6.07, 6.45) is 12.6. The van der Waals surface area contributed by atoms with Crippen LogP contribution in [0.25, 0.3) is 28.5 Å². The van der Waals surface area contributed by atoms with Gasteiger partial charge in [-0.3, -0.25) is 9.59 Å². The van der Waals surface area contributed by atoms with E-state index < -0.39 is 11.5 Å². The van der Waals surface area contributed by atoms with E-state index in [1.165, 1.54) is 24.5 Å². The van der Waals surface area contributed by atoms with Gasteiger partial charge >= 0.3 is 5.97 Å². The molecule has 2 fully saturated rings. The lowest BCUT2D eigenvalue weighted by Gasteiger charge is -2.40. The number of esters is 1. The van der Waals surface area contributed by atoms with Crippen molar-refractivity contribution in [2.24, 2.45) is 7.05 Å². The van der Waals surface area contributed by atoms with Gasteiger partial charge in [0, 0.05) is 59.3 Å². The van der Waals surface area contributed by atoms with Gasteiger partial charge in [-0.2, -0.15) is 0 Å². The number of nitrogens with one attached hydrogen (secondary N) is 2. The second-order valence-corrected chi connectivity index (χ2v) is 12.8. The molecule has 0 atom stereocenters. The van der Waals surface area contributed by atoms with Crippen molar-refractivity contribution in [3.63, 3.8) is 0 Å². The van der Waals surface area contributed by atoms with Gasteiger partial charge in [-0.05, 0) is 87.8 Å². The molecule has 48 heavy (non-hydrogen) atoms. The highest BCUT2D eigenvalue weighted by Gasteiger charge is 2.45. The lowest BCUT2D eigenvalue weighted by Crippen LogP contribution is -2.61. The molecule has 250 valence electrons. The third kappa shape index (κ3) is 6.67. The summed E-state index contributed by atoms with van der Waals surface area (Å²) in [4.78, 5) is 48.4. The minimum Gasteiger partial charge on any atom is -0.493 e. The first kappa shape index (κ1) is 33.2. The first-order valence-electron chi connectivity index (χ1n) is 16.6. The van der Waals surface area contributed by atoms with Crippen molar-refractivity contribution in [3.8, 4) is 17.3 Å². The van der Waals surface area contributed by atoms with Crippen molar-refractivity contribution in [2.75, 3.05) is 18.5 Å². The summed E-state index contributed by atoms with van der Waals surface area (Å²) in [6.45, 7) is 4.29. The van der Waals surface area contributed by atoms with E-state index in [9.17, 15) is 14.4 Å². The third-order valence-corrected chi connectivity index (χ3v) is 9.54. The maximum atomic E-state index is 13.8. The van der Waals surface area contributed by atoms with Crippen molar-refractivity contribution < 1.29 is 23.9 Å². The minimum atomic E-state index is -1.04. The van der Waals surface area contributed by atoms with Crippen molar-refractivity contribution in [1.82, 2.24) is 19.9 Å². The Morgan fingerprint density at radius 3 is 2.44 bits per heavy atom. The number of amides is 2. The number of carbonyl (C=O) groups excluding carboxylic acids is 3. The van der Waals surface area contributed by atoms with Crippen LogP contribution in [0.4, 0.5) is 5.69 Å². The average molecular weight is 670 g/mol. The summed E-state index contributed by atoms with van der Waals surface area (Å²) in [5.74, 6) is 0.455.